The van der Waals surface area contributed by atoms with Crippen LogP contribution in [-0.4, -0.2) is 30.6 Å². The number of rotatable bonds is 7. The minimum atomic E-state index is -0.141. The third kappa shape index (κ3) is 4.50. The fourth-order valence-corrected chi connectivity index (χ4v) is 1.71. The summed E-state index contributed by atoms with van der Waals surface area (Å²) in [6, 6.07) is 3.41. The zero-order chi connectivity index (χ0) is 14.3. The van der Waals surface area contributed by atoms with E-state index >= 15 is 0 Å². The van der Waals surface area contributed by atoms with Gasteiger partial charge in [0.15, 0.2) is 0 Å². The first-order valence-electron chi connectivity index (χ1n) is 6.41. The van der Waals surface area contributed by atoms with Gasteiger partial charge >= 0.3 is 0 Å². The Labute approximate surface area is 113 Å². The molecule has 0 aromatic carbocycles. The first kappa shape index (κ1) is 15.4. The highest BCUT2D eigenvalue weighted by Gasteiger charge is 2.13. The van der Waals surface area contributed by atoms with E-state index < -0.39 is 0 Å². The fraction of sp³-hybridized carbons (Fsp3) is 0.538. The molecule has 1 aromatic rings. The second-order valence-electron chi connectivity index (χ2n) is 4.26. The van der Waals surface area contributed by atoms with E-state index in [0.717, 1.165) is 18.5 Å². The Balaban J connectivity index is 2.86. The first-order valence-corrected chi connectivity index (χ1v) is 6.41. The van der Waals surface area contributed by atoms with Gasteiger partial charge in [-0.05, 0) is 25.0 Å². The molecular formula is C13H22N4O2. The normalized spacial score (nSPS) is 12.0. The van der Waals surface area contributed by atoms with Gasteiger partial charge in [-0.2, -0.15) is 0 Å². The van der Waals surface area contributed by atoms with Gasteiger partial charge in [0.1, 0.15) is 5.82 Å². The Morgan fingerprint density at radius 1 is 1.47 bits per heavy atom. The predicted molar refractivity (Wildman–Crippen MR) is 74.8 cm³/mol. The molecule has 0 saturated carbocycles. The number of anilines is 1. The standard InChI is InChI=1S/C13H22N4O2/c1-4-10-6-9(7-12(15-10)17-14)13(18)16-11(5-2)8-19-3/h6-7,11H,4-5,8,14H2,1-3H3,(H,15,17)(H,16,18). The molecule has 19 heavy (non-hydrogen) atoms. The number of carbonyl (C=O) groups excluding carboxylic acids is 1. The van der Waals surface area contributed by atoms with Crippen molar-refractivity contribution >= 4 is 11.7 Å². The molecule has 6 nitrogen and oxygen atoms in total. The van der Waals surface area contributed by atoms with E-state index in [1.807, 2.05) is 13.8 Å². The number of amides is 1. The van der Waals surface area contributed by atoms with Crippen LogP contribution in [0.2, 0.25) is 0 Å². The van der Waals surface area contributed by atoms with Gasteiger partial charge in [0.25, 0.3) is 5.91 Å². The summed E-state index contributed by atoms with van der Waals surface area (Å²) in [6.45, 7) is 4.47. The van der Waals surface area contributed by atoms with Crippen LogP contribution in [0.4, 0.5) is 5.82 Å². The van der Waals surface area contributed by atoms with Gasteiger partial charge in [-0.25, -0.2) is 10.8 Å². The molecule has 1 aromatic heterocycles. The van der Waals surface area contributed by atoms with E-state index in [1.54, 1.807) is 19.2 Å². The lowest BCUT2D eigenvalue weighted by molar-refractivity contribution is 0.0894. The van der Waals surface area contributed by atoms with Gasteiger partial charge in [-0.1, -0.05) is 13.8 Å². The summed E-state index contributed by atoms with van der Waals surface area (Å²) < 4.78 is 5.06. The molecule has 0 aliphatic heterocycles. The molecule has 0 radical (unpaired) electrons. The zero-order valence-corrected chi connectivity index (χ0v) is 11.7. The number of methoxy groups -OCH3 is 1. The first-order chi connectivity index (χ1) is 9.14. The van der Waals surface area contributed by atoms with Crippen molar-refractivity contribution in [3.63, 3.8) is 0 Å². The van der Waals surface area contributed by atoms with Crippen LogP contribution in [0.1, 0.15) is 36.3 Å². The second kappa shape index (κ2) is 7.70. The molecule has 0 aliphatic carbocycles. The molecule has 1 unspecified atom stereocenters. The minimum Gasteiger partial charge on any atom is -0.383 e. The maximum atomic E-state index is 12.2. The van der Waals surface area contributed by atoms with Crippen molar-refractivity contribution in [3.05, 3.63) is 23.4 Å². The number of nitrogens with zero attached hydrogens (tertiary/aromatic N) is 1. The van der Waals surface area contributed by atoms with Crippen LogP contribution in [0.3, 0.4) is 0 Å². The van der Waals surface area contributed by atoms with Gasteiger partial charge in [0.2, 0.25) is 0 Å². The van der Waals surface area contributed by atoms with Gasteiger partial charge < -0.3 is 15.5 Å². The number of hydrogen-bond donors (Lipinski definition) is 3. The van der Waals surface area contributed by atoms with Crippen LogP contribution in [0.15, 0.2) is 12.1 Å². The molecule has 6 heteroatoms. The number of hydrazine groups is 1. The van der Waals surface area contributed by atoms with Crippen LogP contribution in [-0.2, 0) is 11.2 Å². The second-order valence-corrected chi connectivity index (χ2v) is 4.26. The average molecular weight is 266 g/mol. The Hall–Kier alpha value is -1.66. The Morgan fingerprint density at radius 3 is 2.74 bits per heavy atom. The lowest BCUT2D eigenvalue weighted by atomic mass is 10.1. The molecule has 0 spiro atoms. The number of carbonyl (C=O) groups is 1. The van der Waals surface area contributed by atoms with Crippen LogP contribution in [0, 0.1) is 0 Å². The van der Waals surface area contributed by atoms with Crippen LogP contribution < -0.4 is 16.6 Å². The number of ether oxygens (including phenoxy) is 1. The van der Waals surface area contributed by atoms with Gasteiger partial charge in [0, 0.05) is 18.4 Å². The van der Waals surface area contributed by atoms with Crippen molar-refractivity contribution in [1.29, 1.82) is 0 Å². The molecule has 1 atom stereocenters. The molecule has 106 valence electrons. The molecule has 1 amide bonds. The van der Waals surface area contributed by atoms with E-state index in [0.29, 0.717) is 18.0 Å². The molecule has 0 fully saturated rings. The van der Waals surface area contributed by atoms with Crippen molar-refractivity contribution in [2.75, 3.05) is 19.1 Å². The van der Waals surface area contributed by atoms with E-state index in [4.69, 9.17) is 10.6 Å². The SMILES string of the molecule is CCc1cc(C(=O)NC(CC)COC)cc(NN)n1. The van der Waals surface area contributed by atoms with E-state index in [9.17, 15) is 4.79 Å². The largest absolute Gasteiger partial charge is 0.383 e. The molecular weight excluding hydrogens is 244 g/mol. The van der Waals surface area contributed by atoms with Crippen LogP contribution in [0.5, 0.6) is 0 Å². The number of nitrogens with two attached hydrogens (primary N) is 1. The summed E-state index contributed by atoms with van der Waals surface area (Å²) in [6.07, 6.45) is 1.55. The van der Waals surface area contributed by atoms with E-state index in [2.05, 4.69) is 15.7 Å². The summed E-state index contributed by atoms with van der Waals surface area (Å²) in [4.78, 5) is 16.4. The van der Waals surface area contributed by atoms with E-state index in [1.165, 1.54) is 0 Å². The quantitative estimate of drug-likeness (QED) is 0.507. The Morgan fingerprint density at radius 2 is 2.21 bits per heavy atom. The third-order valence-electron chi connectivity index (χ3n) is 2.85. The number of aryl methyl sites for hydroxylation is 1. The highest BCUT2D eigenvalue weighted by atomic mass is 16.5. The summed E-state index contributed by atoms with van der Waals surface area (Å²) >= 11 is 0. The number of nitrogen functional groups attached to an aromatic ring is 1. The zero-order valence-electron chi connectivity index (χ0n) is 11.7. The van der Waals surface area contributed by atoms with Crippen molar-refractivity contribution < 1.29 is 9.53 Å². The fourth-order valence-electron chi connectivity index (χ4n) is 1.71. The van der Waals surface area contributed by atoms with Crippen LogP contribution >= 0.6 is 0 Å². The third-order valence-corrected chi connectivity index (χ3v) is 2.85. The molecule has 4 N–H and O–H groups in total. The lowest BCUT2D eigenvalue weighted by Gasteiger charge is -2.16. The molecule has 1 heterocycles. The maximum absolute atomic E-state index is 12.2. The topological polar surface area (TPSA) is 89.3 Å². The summed E-state index contributed by atoms with van der Waals surface area (Å²) in [5, 5.41) is 2.93. The summed E-state index contributed by atoms with van der Waals surface area (Å²) in [5.41, 5.74) is 3.84. The van der Waals surface area contributed by atoms with Crippen LogP contribution in [0.25, 0.3) is 0 Å². The van der Waals surface area contributed by atoms with Crippen molar-refractivity contribution in [3.8, 4) is 0 Å². The smallest absolute Gasteiger partial charge is 0.251 e. The highest BCUT2D eigenvalue weighted by Crippen LogP contribution is 2.11. The minimum absolute atomic E-state index is 0.00466. The van der Waals surface area contributed by atoms with Gasteiger partial charge in [0.05, 0.1) is 12.6 Å². The van der Waals surface area contributed by atoms with Crippen molar-refractivity contribution in [1.82, 2.24) is 10.3 Å². The van der Waals surface area contributed by atoms with Gasteiger partial charge in [-0.3, -0.25) is 4.79 Å². The number of pyridine rings is 1. The average Bonchev–Trinajstić information content (AvgIpc) is 2.45. The lowest BCUT2D eigenvalue weighted by Crippen LogP contribution is -2.37. The number of aromatic nitrogens is 1. The summed E-state index contributed by atoms with van der Waals surface area (Å²) in [7, 11) is 1.62. The van der Waals surface area contributed by atoms with E-state index in [-0.39, 0.29) is 11.9 Å². The van der Waals surface area contributed by atoms with Crippen molar-refractivity contribution in [2.24, 2.45) is 5.84 Å². The highest BCUT2D eigenvalue weighted by molar-refractivity contribution is 5.95. The molecule has 1 rings (SSSR count). The van der Waals surface area contributed by atoms with Crippen molar-refractivity contribution in [2.45, 2.75) is 32.7 Å². The molecule has 0 bridgehead atoms. The maximum Gasteiger partial charge on any atom is 0.251 e. The number of nitrogens with one attached hydrogen (secondary N) is 2. The monoisotopic (exact) mass is 266 g/mol. The Kier molecular flexibility index (Phi) is 6.24. The number of hydrogen-bond acceptors (Lipinski definition) is 5. The van der Waals surface area contributed by atoms with Gasteiger partial charge in [-0.15, -0.1) is 0 Å². The molecule has 0 saturated heterocycles. The Bertz CT molecular complexity index is 401. The molecule has 0 aliphatic rings. The summed E-state index contributed by atoms with van der Waals surface area (Å²) in [5.74, 6) is 5.70. The predicted octanol–water partition coefficient (Wildman–Crippen LogP) is 1.08.